The third kappa shape index (κ3) is 13.3. The SMILES string of the molecule is COc1cc2cc(c1O)CN1C[C@@H](CC1=O)C[C@H](N=C(N)N)CSSC[C@H](CCc1ccccc1)CCCC[C@H](O)C[C@@H](OC(C)=O)CC2. The smallest absolute Gasteiger partial charge is 0.302 e. The summed E-state index contributed by atoms with van der Waals surface area (Å²) in [6, 6.07) is 14.1. The topological polar surface area (TPSA) is 161 Å². The summed E-state index contributed by atoms with van der Waals surface area (Å²) in [5.41, 5.74) is 14.5. The van der Waals surface area contributed by atoms with Crippen molar-refractivity contribution in [3.8, 4) is 11.5 Å². The van der Waals surface area contributed by atoms with E-state index in [1.807, 2.05) is 22.9 Å². The number of rotatable bonds is 6. The molecule has 0 spiro atoms. The van der Waals surface area contributed by atoms with Gasteiger partial charge in [-0.1, -0.05) is 70.8 Å². The Kier molecular flexibility index (Phi) is 15.7. The molecule has 0 saturated carbocycles. The third-order valence-corrected chi connectivity index (χ3v) is 12.0. The zero-order valence-electron chi connectivity index (χ0n) is 28.9. The van der Waals surface area contributed by atoms with Crippen LogP contribution >= 0.6 is 21.6 Å². The average Bonchev–Trinajstić information content (AvgIpc) is 3.40. The average molecular weight is 715 g/mol. The van der Waals surface area contributed by atoms with E-state index in [1.54, 1.807) is 21.8 Å². The molecule has 2 aromatic carbocycles. The van der Waals surface area contributed by atoms with E-state index < -0.39 is 12.2 Å². The zero-order valence-corrected chi connectivity index (χ0v) is 30.6. The van der Waals surface area contributed by atoms with Gasteiger partial charge >= 0.3 is 5.97 Å². The Bertz CT molecular complexity index is 1380. The van der Waals surface area contributed by atoms with Crippen molar-refractivity contribution in [3.05, 3.63) is 59.2 Å². The lowest BCUT2D eigenvalue weighted by molar-refractivity contribution is -0.148. The van der Waals surface area contributed by atoms with Gasteiger partial charge in [0.25, 0.3) is 0 Å². The lowest BCUT2D eigenvalue weighted by atomic mass is 9.94. The van der Waals surface area contributed by atoms with E-state index in [4.69, 9.17) is 20.9 Å². The molecule has 2 aliphatic heterocycles. The summed E-state index contributed by atoms with van der Waals surface area (Å²) in [5.74, 6) is 2.41. The van der Waals surface area contributed by atoms with E-state index in [2.05, 4.69) is 29.3 Å². The van der Waals surface area contributed by atoms with Crippen molar-refractivity contribution in [3.63, 3.8) is 0 Å². The summed E-state index contributed by atoms with van der Waals surface area (Å²) < 4.78 is 11.1. The van der Waals surface area contributed by atoms with Gasteiger partial charge in [0.05, 0.1) is 19.3 Å². The number of benzene rings is 2. The number of guanidine groups is 1. The first-order valence-electron chi connectivity index (χ1n) is 17.5. The number of nitrogens with zero attached hydrogens (tertiary/aromatic N) is 2. The van der Waals surface area contributed by atoms with Crippen LogP contribution in [0.1, 0.15) is 81.4 Å². The quantitative estimate of drug-likeness (QED) is 0.128. The summed E-state index contributed by atoms with van der Waals surface area (Å²) in [7, 11) is 5.14. The van der Waals surface area contributed by atoms with Crippen LogP contribution in [0.15, 0.2) is 47.5 Å². The molecule has 49 heavy (non-hydrogen) atoms. The number of aromatic hydroxyl groups is 1. The van der Waals surface area contributed by atoms with Gasteiger partial charge in [-0.25, -0.2) is 4.99 Å². The zero-order chi connectivity index (χ0) is 35.2. The predicted octanol–water partition coefficient (Wildman–Crippen LogP) is 5.60. The standard InChI is InChI=1S/C37H54N4O6S2/c1-25(42)47-33-15-14-28-16-30(36(45)34(18-28)46-2)22-41-21-29(19-35(41)44)17-31(40-37(38)39)24-49-48-23-27(10-6-7-11-32(43)20-33)13-12-26-8-4-3-5-9-26/h3-5,8-9,16,18,27,29,31-33,43,45H,6-7,10-15,17,19-24H2,1-2H3,(H4,38,39,40)/t27-,29+,31-,32-,33-/m0/s1. The molecule has 1 amide bonds. The molecule has 4 rings (SSSR count). The number of esters is 1. The van der Waals surface area contributed by atoms with Gasteiger partial charge in [0, 0.05) is 49.9 Å². The Morgan fingerprint density at radius 3 is 2.55 bits per heavy atom. The molecule has 0 aliphatic carbocycles. The molecule has 0 unspecified atom stereocenters. The van der Waals surface area contributed by atoms with Crippen LogP contribution in [0.2, 0.25) is 0 Å². The van der Waals surface area contributed by atoms with Gasteiger partial charge in [-0.2, -0.15) is 0 Å². The summed E-state index contributed by atoms with van der Waals surface area (Å²) in [6.45, 7) is 2.19. The van der Waals surface area contributed by atoms with Gasteiger partial charge in [-0.15, -0.1) is 0 Å². The molecule has 1 saturated heterocycles. The highest BCUT2D eigenvalue weighted by Gasteiger charge is 2.32. The number of phenolic OH excluding ortho intramolecular Hbond substituents is 1. The van der Waals surface area contributed by atoms with Gasteiger partial charge in [0.2, 0.25) is 5.91 Å². The van der Waals surface area contributed by atoms with E-state index in [0.717, 1.165) is 49.2 Å². The van der Waals surface area contributed by atoms with Gasteiger partial charge in [-0.3, -0.25) is 9.59 Å². The second-order valence-electron chi connectivity index (χ2n) is 13.5. The first-order chi connectivity index (χ1) is 23.6. The van der Waals surface area contributed by atoms with E-state index in [0.29, 0.717) is 62.3 Å². The van der Waals surface area contributed by atoms with E-state index >= 15 is 0 Å². The molecule has 2 aliphatic rings. The second kappa shape index (κ2) is 19.9. The Hall–Kier alpha value is -3.09. The highest BCUT2D eigenvalue weighted by molar-refractivity contribution is 8.76. The first kappa shape index (κ1) is 38.7. The largest absolute Gasteiger partial charge is 0.504 e. The fraction of sp³-hybridized carbons (Fsp3) is 0.595. The van der Waals surface area contributed by atoms with Crippen molar-refractivity contribution in [2.75, 3.05) is 25.2 Å². The molecule has 10 nitrogen and oxygen atoms in total. The first-order valence-corrected chi connectivity index (χ1v) is 20.0. The van der Waals surface area contributed by atoms with Crippen LogP contribution in [0, 0.1) is 11.8 Å². The Morgan fingerprint density at radius 2 is 1.82 bits per heavy atom. The van der Waals surface area contributed by atoms with Crippen LogP contribution in [0.5, 0.6) is 11.5 Å². The van der Waals surface area contributed by atoms with Crippen molar-refractivity contribution in [1.82, 2.24) is 4.90 Å². The number of hydrogen-bond donors (Lipinski definition) is 4. The maximum absolute atomic E-state index is 13.2. The molecule has 6 N–H and O–H groups in total. The molecule has 5 atom stereocenters. The number of carbonyl (C=O) groups excluding carboxylic acids is 2. The lowest BCUT2D eigenvalue weighted by Gasteiger charge is -2.22. The number of amides is 1. The molecule has 12 heteroatoms. The van der Waals surface area contributed by atoms with E-state index in [-0.39, 0.29) is 42.1 Å². The number of ether oxygens (including phenoxy) is 2. The number of carbonyl (C=O) groups is 2. The molecule has 0 aromatic heterocycles. The number of aryl methyl sites for hydroxylation is 2. The van der Waals surface area contributed by atoms with Crippen LogP contribution < -0.4 is 16.2 Å². The number of aliphatic hydroxyl groups is 1. The molecular formula is C37H54N4O6S2. The van der Waals surface area contributed by atoms with Crippen molar-refractivity contribution in [1.29, 1.82) is 0 Å². The third-order valence-electron chi connectivity index (χ3n) is 9.38. The van der Waals surface area contributed by atoms with Crippen LogP contribution in [-0.4, -0.2) is 76.4 Å². The second-order valence-corrected chi connectivity index (χ2v) is 16.0. The van der Waals surface area contributed by atoms with E-state index in [1.165, 1.54) is 19.6 Å². The fourth-order valence-corrected chi connectivity index (χ4v) is 9.60. The summed E-state index contributed by atoms with van der Waals surface area (Å²) in [6.07, 6.45) is 7.25. The summed E-state index contributed by atoms with van der Waals surface area (Å²) in [5, 5.41) is 22.0. The Labute approximate surface area is 299 Å². The van der Waals surface area contributed by atoms with Gasteiger partial charge in [0.15, 0.2) is 17.5 Å². The maximum Gasteiger partial charge on any atom is 0.302 e. The molecule has 270 valence electrons. The number of nitrogens with two attached hydrogens (primary N) is 2. The van der Waals surface area contributed by atoms with Gasteiger partial charge < -0.3 is 36.1 Å². The van der Waals surface area contributed by atoms with Crippen LogP contribution in [0.3, 0.4) is 0 Å². The van der Waals surface area contributed by atoms with Crippen molar-refractivity contribution < 1.29 is 29.3 Å². The number of phenols is 1. The maximum atomic E-state index is 13.2. The van der Waals surface area contributed by atoms with Gasteiger partial charge in [0.1, 0.15) is 6.10 Å². The minimum atomic E-state index is -0.579. The minimum Gasteiger partial charge on any atom is -0.504 e. The molecule has 4 bridgehead atoms. The van der Waals surface area contributed by atoms with Crippen molar-refractivity contribution in [2.24, 2.45) is 28.3 Å². The van der Waals surface area contributed by atoms with E-state index in [9.17, 15) is 19.8 Å². The van der Waals surface area contributed by atoms with Crippen molar-refractivity contribution in [2.45, 2.75) is 102 Å². The van der Waals surface area contributed by atoms with Crippen LogP contribution in [0.25, 0.3) is 0 Å². The summed E-state index contributed by atoms with van der Waals surface area (Å²) in [4.78, 5) is 31.5. The van der Waals surface area contributed by atoms with Crippen LogP contribution in [-0.2, 0) is 33.7 Å². The molecule has 2 aromatic rings. The number of aliphatic imine (C=N–C) groups is 1. The highest BCUT2D eigenvalue weighted by Crippen LogP contribution is 2.36. The van der Waals surface area contributed by atoms with Gasteiger partial charge in [-0.05, 0) is 74.0 Å². The van der Waals surface area contributed by atoms with Crippen molar-refractivity contribution >= 4 is 39.4 Å². The highest BCUT2D eigenvalue weighted by atomic mass is 33.1. The minimum absolute atomic E-state index is 0.00820. The number of fused-ring (bicyclic) bond motifs is 4. The number of aliphatic hydroxyl groups excluding tert-OH is 1. The number of methoxy groups -OCH3 is 1. The Morgan fingerprint density at radius 1 is 1.06 bits per heavy atom. The molecule has 1 fully saturated rings. The lowest BCUT2D eigenvalue weighted by Crippen LogP contribution is -2.28. The number of hydrogen-bond acceptors (Lipinski definition) is 9. The molecular weight excluding hydrogens is 661 g/mol. The molecule has 0 radical (unpaired) electrons. The monoisotopic (exact) mass is 714 g/mol. The Balaban J connectivity index is 1.51. The van der Waals surface area contributed by atoms with Crippen LogP contribution in [0.4, 0.5) is 0 Å². The fourth-order valence-electron chi connectivity index (χ4n) is 6.89. The normalized spacial score (nSPS) is 24.9. The summed E-state index contributed by atoms with van der Waals surface area (Å²) >= 11 is 0. The molecule has 2 heterocycles. The predicted molar refractivity (Wildman–Crippen MR) is 199 cm³/mol.